The molecule has 2 rings (SSSR count). The van der Waals surface area contributed by atoms with E-state index in [9.17, 15) is 9.59 Å². The molecule has 1 saturated heterocycles. The van der Waals surface area contributed by atoms with Gasteiger partial charge in [-0.25, -0.2) is 0 Å². The standard InChI is InChI=1S/C22H34N4O3/c1-5-16(3)25-20(27)19-9-7-8-17(14-19)15-24-22(23-4)26-12-10-18(11-13-26)21(28)29-6-2/h7-9,14,16,18H,5-6,10-13,15H2,1-4H3,(H,23,24)(H,25,27). The molecule has 7 nitrogen and oxygen atoms in total. The quantitative estimate of drug-likeness (QED) is 0.416. The van der Waals surface area contributed by atoms with Crippen molar-refractivity contribution in [1.29, 1.82) is 0 Å². The highest BCUT2D eigenvalue weighted by Gasteiger charge is 2.27. The van der Waals surface area contributed by atoms with Crippen LogP contribution in [0.4, 0.5) is 0 Å². The summed E-state index contributed by atoms with van der Waals surface area (Å²) in [5.41, 5.74) is 1.68. The summed E-state index contributed by atoms with van der Waals surface area (Å²) in [6.45, 7) is 8.42. The number of hydrogen-bond acceptors (Lipinski definition) is 4. The number of ether oxygens (including phenoxy) is 1. The Labute approximate surface area is 173 Å². The summed E-state index contributed by atoms with van der Waals surface area (Å²) in [6, 6.07) is 7.78. The Kier molecular flexibility index (Phi) is 8.96. The van der Waals surface area contributed by atoms with Crippen LogP contribution in [0.15, 0.2) is 29.3 Å². The van der Waals surface area contributed by atoms with E-state index >= 15 is 0 Å². The molecule has 7 heteroatoms. The predicted molar refractivity (Wildman–Crippen MR) is 115 cm³/mol. The van der Waals surface area contributed by atoms with Gasteiger partial charge in [-0.1, -0.05) is 19.1 Å². The second-order valence-corrected chi connectivity index (χ2v) is 7.40. The Morgan fingerprint density at radius 2 is 2.00 bits per heavy atom. The molecule has 1 unspecified atom stereocenters. The number of nitrogens with zero attached hydrogens (tertiary/aromatic N) is 2. The van der Waals surface area contributed by atoms with Crippen LogP contribution in [0.3, 0.4) is 0 Å². The van der Waals surface area contributed by atoms with Crippen molar-refractivity contribution < 1.29 is 14.3 Å². The average molecular weight is 403 g/mol. The maximum Gasteiger partial charge on any atom is 0.309 e. The molecule has 0 aromatic heterocycles. The fourth-order valence-corrected chi connectivity index (χ4v) is 3.33. The molecule has 0 radical (unpaired) electrons. The van der Waals surface area contributed by atoms with Gasteiger partial charge in [0.25, 0.3) is 5.91 Å². The van der Waals surface area contributed by atoms with Gasteiger partial charge in [0.2, 0.25) is 0 Å². The Bertz CT molecular complexity index is 712. The van der Waals surface area contributed by atoms with Crippen LogP contribution in [-0.4, -0.2) is 55.5 Å². The van der Waals surface area contributed by atoms with Gasteiger partial charge in [-0.15, -0.1) is 0 Å². The zero-order chi connectivity index (χ0) is 21.2. The molecule has 0 bridgehead atoms. The van der Waals surface area contributed by atoms with E-state index in [1.54, 1.807) is 7.05 Å². The van der Waals surface area contributed by atoms with Crippen molar-refractivity contribution in [2.75, 3.05) is 26.7 Å². The number of esters is 1. The smallest absolute Gasteiger partial charge is 0.309 e. The van der Waals surface area contributed by atoms with Gasteiger partial charge in [0.1, 0.15) is 0 Å². The molecule has 1 aromatic carbocycles. The van der Waals surface area contributed by atoms with E-state index in [2.05, 4.69) is 20.5 Å². The highest BCUT2D eigenvalue weighted by Crippen LogP contribution is 2.19. The Balaban J connectivity index is 1.89. The number of benzene rings is 1. The predicted octanol–water partition coefficient (Wildman–Crippen LogP) is 2.57. The topological polar surface area (TPSA) is 83.0 Å². The molecule has 1 aromatic rings. The van der Waals surface area contributed by atoms with E-state index in [1.165, 1.54) is 0 Å². The fourth-order valence-electron chi connectivity index (χ4n) is 3.33. The SMILES string of the molecule is CCOC(=O)C1CCN(C(=NC)NCc2cccc(C(=O)NC(C)CC)c2)CC1. The van der Waals surface area contributed by atoms with Crippen LogP contribution in [0, 0.1) is 5.92 Å². The first-order chi connectivity index (χ1) is 14.0. The van der Waals surface area contributed by atoms with E-state index in [0.29, 0.717) is 18.7 Å². The minimum Gasteiger partial charge on any atom is -0.466 e. The van der Waals surface area contributed by atoms with Gasteiger partial charge in [0.15, 0.2) is 5.96 Å². The third kappa shape index (κ3) is 6.76. The van der Waals surface area contributed by atoms with E-state index in [0.717, 1.165) is 43.9 Å². The van der Waals surface area contributed by atoms with Crippen molar-refractivity contribution in [3.8, 4) is 0 Å². The normalized spacial score (nSPS) is 16.3. The zero-order valence-corrected chi connectivity index (χ0v) is 18.0. The lowest BCUT2D eigenvalue weighted by molar-refractivity contribution is -0.149. The van der Waals surface area contributed by atoms with Crippen molar-refractivity contribution >= 4 is 17.8 Å². The Morgan fingerprint density at radius 3 is 2.62 bits per heavy atom. The van der Waals surface area contributed by atoms with Crippen LogP contribution >= 0.6 is 0 Å². The van der Waals surface area contributed by atoms with E-state index in [1.807, 2.05) is 45.0 Å². The number of piperidine rings is 1. The van der Waals surface area contributed by atoms with E-state index in [4.69, 9.17) is 4.74 Å². The molecule has 1 amide bonds. The molecule has 0 aliphatic carbocycles. The van der Waals surface area contributed by atoms with Crippen molar-refractivity contribution in [2.45, 2.75) is 52.6 Å². The van der Waals surface area contributed by atoms with Crippen molar-refractivity contribution in [1.82, 2.24) is 15.5 Å². The number of nitrogens with one attached hydrogen (secondary N) is 2. The van der Waals surface area contributed by atoms with Crippen molar-refractivity contribution in [3.05, 3.63) is 35.4 Å². The molecule has 2 N–H and O–H groups in total. The van der Waals surface area contributed by atoms with Crippen LogP contribution in [0.2, 0.25) is 0 Å². The molecule has 0 saturated carbocycles. The highest BCUT2D eigenvalue weighted by atomic mass is 16.5. The van der Waals surface area contributed by atoms with Gasteiger partial charge in [-0.05, 0) is 50.8 Å². The van der Waals surface area contributed by atoms with Gasteiger partial charge in [-0.2, -0.15) is 0 Å². The number of likely N-dealkylation sites (tertiary alicyclic amines) is 1. The van der Waals surface area contributed by atoms with Crippen LogP contribution in [0.25, 0.3) is 0 Å². The summed E-state index contributed by atoms with van der Waals surface area (Å²) in [5, 5.41) is 6.36. The van der Waals surface area contributed by atoms with Gasteiger partial charge >= 0.3 is 5.97 Å². The van der Waals surface area contributed by atoms with Crippen molar-refractivity contribution in [2.24, 2.45) is 10.9 Å². The van der Waals surface area contributed by atoms with Crippen LogP contribution < -0.4 is 10.6 Å². The largest absolute Gasteiger partial charge is 0.466 e. The first-order valence-corrected chi connectivity index (χ1v) is 10.5. The molecular formula is C22H34N4O3. The lowest BCUT2D eigenvalue weighted by atomic mass is 9.97. The second kappa shape index (κ2) is 11.4. The van der Waals surface area contributed by atoms with Gasteiger partial charge in [0.05, 0.1) is 12.5 Å². The molecule has 160 valence electrons. The third-order valence-electron chi connectivity index (χ3n) is 5.26. The van der Waals surface area contributed by atoms with Gasteiger partial charge < -0.3 is 20.3 Å². The van der Waals surface area contributed by atoms with E-state index < -0.39 is 0 Å². The number of carbonyl (C=O) groups is 2. The molecular weight excluding hydrogens is 368 g/mol. The molecule has 29 heavy (non-hydrogen) atoms. The van der Waals surface area contributed by atoms with Crippen molar-refractivity contribution in [3.63, 3.8) is 0 Å². The fraction of sp³-hybridized carbons (Fsp3) is 0.591. The number of guanidine groups is 1. The number of rotatable bonds is 7. The maximum absolute atomic E-state index is 12.3. The maximum atomic E-state index is 12.3. The summed E-state index contributed by atoms with van der Waals surface area (Å²) in [6.07, 6.45) is 2.44. The number of hydrogen-bond donors (Lipinski definition) is 2. The molecule has 1 aliphatic rings. The number of aliphatic imine (C=N–C) groups is 1. The molecule has 0 spiro atoms. The number of amides is 1. The average Bonchev–Trinajstić information content (AvgIpc) is 2.74. The monoisotopic (exact) mass is 402 g/mol. The molecule has 1 aliphatic heterocycles. The lowest BCUT2D eigenvalue weighted by Crippen LogP contribution is -2.46. The first kappa shape index (κ1) is 22.7. The van der Waals surface area contributed by atoms with Crippen LogP contribution in [0.5, 0.6) is 0 Å². The minimum atomic E-state index is -0.0948. The first-order valence-electron chi connectivity index (χ1n) is 10.5. The third-order valence-corrected chi connectivity index (χ3v) is 5.26. The zero-order valence-electron chi connectivity index (χ0n) is 18.0. The minimum absolute atomic E-state index is 0.0231. The molecule has 1 heterocycles. The van der Waals surface area contributed by atoms with E-state index in [-0.39, 0.29) is 23.8 Å². The lowest BCUT2D eigenvalue weighted by Gasteiger charge is -2.33. The Hall–Kier alpha value is -2.57. The second-order valence-electron chi connectivity index (χ2n) is 7.40. The molecule has 1 fully saturated rings. The van der Waals surface area contributed by atoms with Gasteiger partial charge in [0, 0.05) is 38.3 Å². The van der Waals surface area contributed by atoms with Crippen LogP contribution in [-0.2, 0) is 16.1 Å². The highest BCUT2D eigenvalue weighted by molar-refractivity contribution is 5.94. The van der Waals surface area contributed by atoms with Gasteiger partial charge in [-0.3, -0.25) is 14.6 Å². The molecule has 1 atom stereocenters. The number of carbonyl (C=O) groups excluding carboxylic acids is 2. The summed E-state index contributed by atoms with van der Waals surface area (Å²) >= 11 is 0. The van der Waals surface area contributed by atoms with Crippen LogP contribution in [0.1, 0.15) is 56.0 Å². The summed E-state index contributed by atoms with van der Waals surface area (Å²) in [4.78, 5) is 30.8. The summed E-state index contributed by atoms with van der Waals surface area (Å²) < 4.78 is 5.13. The summed E-state index contributed by atoms with van der Waals surface area (Å²) in [5.74, 6) is 0.640. The summed E-state index contributed by atoms with van der Waals surface area (Å²) in [7, 11) is 1.76. The Morgan fingerprint density at radius 1 is 1.28 bits per heavy atom.